The van der Waals surface area contributed by atoms with Crippen LogP contribution in [0.25, 0.3) is 11.6 Å². The van der Waals surface area contributed by atoms with Crippen LogP contribution in [0.1, 0.15) is 20.3 Å². The molecule has 1 N–H and O–H groups in total. The molecule has 0 fully saturated rings. The van der Waals surface area contributed by atoms with Crippen molar-refractivity contribution in [2.24, 2.45) is 5.92 Å². The van der Waals surface area contributed by atoms with Gasteiger partial charge in [0.05, 0.1) is 6.26 Å². The van der Waals surface area contributed by atoms with Crippen molar-refractivity contribution in [1.82, 2.24) is 14.8 Å². The molecule has 0 unspecified atom stereocenters. The summed E-state index contributed by atoms with van der Waals surface area (Å²) in [6.07, 6.45) is 2.04. The van der Waals surface area contributed by atoms with Crippen LogP contribution in [0.4, 0.5) is 5.69 Å². The Bertz CT molecular complexity index is 829. The maximum atomic E-state index is 12.1. The zero-order valence-corrected chi connectivity index (χ0v) is 15.7. The summed E-state index contributed by atoms with van der Waals surface area (Å²) in [5, 5.41) is 12.3. The number of hydrogen-bond donors (Lipinski definition) is 1. The number of nitrogens with zero attached hydrogens (tertiary/aromatic N) is 3. The largest absolute Gasteiger partial charge is 0.461 e. The van der Waals surface area contributed by atoms with Crippen LogP contribution in [-0.4, -0.2) is 26.4 Å². The lowest BCUT2D eigenvalue weighted by Gasteiger charge is -2.11. The lowest BCUT2D eigenvalue weighted by Crippen LogP contribution is -2.12. The van der Waals surface area contributed by atoms with Gasteiger partial charge in [0.2, 0.25) is 5.91 Å². The molecular weight excluding hydrogens is 348 g/mol. The molecule has 0 aliphatic heterocycles. The van der Waals surface area contributed by atoms with Crippen molar-refractivity contribution < 1.29 is 9.21 Å². The maximum Gasteiger partial charge on any atom is 0.225 e. The second-order valence-corrected chi connectivity index (χ2v) is 7.36. The molecule has 0 aliphatic rings. The first-order valence-electron chi connectivity index (χ1n) is 8.58. The fourth-order valence-corrected chi connectivity index (χ4v) is 3.38. The van der Waals surface area contributed by atoms with Crippen LogP contribution >= 0.6 is 11.8 Å². The maximum absolute atomic E-state index is 12.1. The molecule has 3 aromatic rings. The lowest BCUT2D eigenvalue weighted by atomic mass is 10.2. The molecular formula is C19H22N4O2S. The van der Waals surface area contributed by atoms with E-state index < -0.39 is 0 Å². The summed E-state index contributed by atoms with van der Waals surface area (Å²) in [6.45, 7) is 5.09. The van der Waals surface area contributed by atoms with Gasteiger partial charge in [0.1, 0.15) is 0 Å². The van der Waals surface area contributed by atoms with Crippen LogP contribution in [0.5, 0.6) is 0 Å². The third kappa shape index (κ3) is 4.76. The van der Waals surface area contributed by atoms with Crippen LogP contribution in [-0.2, 0) is 11.3 Å². The summed E-state index contributed by atoms with van der Waals surface area (Å²) >= 11 is 1.53. The van der Waals surface area contributed by atoms with Crippen molar-refractivity contribution in [3.8, 4) is 11.6 Å². The van der Waals surface area contributed by atoms with Gasteiger partial charge in [-0.1, -0.05) is 43.8 Å². The summed E-state index contributed by atoms with van der Waals surface area (Å²) in [7, 11) is 0. The smallest absolute Gasteiger partial charge is 0.225 e. The van der Waals surface area contributed by atoms with Gasteiger partial charge in [-0.05, 0) is 30.2 Å². The molecule has 0 atom stereocenters. The Morgan fingerprint density at radius 3 is 2.69 bits per heavy atom. The molecule has 2 heterocycles. The molecule has 136 valence electrons. The van der Waals surface area contributed by atoms with Crippen LogP contribution < -0.4 is 5.32 Å². The second-order valence-electron chi connectivity index (χ2n) is 6.30. The number of para-hydroxylation sites is 1. The van der Waals surface area contributed by atoms with E-state index in [2.05, 4.69) is 33.9 Å². The summed E-state index contributed by atoms with van der Waals surface area (Å²) in [4.78, 5) is 12.1. The molecule has 26 heavy (non-hydrogen) atoms. The molecule has 1 amide bonds. The van der Waals surface area contributed by atoms with E-state index in [0.717, 1.165) is 23.2 Å². The first-order chi connectivity index (χ1) is 12.6. The van der Waals surface area contributed by atoms with E-state index in [1.54, 1.807) is 6.26 Å². The topological polar surface area (TPSA) is 73.0 Å². The second kappa shape index (κ2) is 8.71. The first kappa shape index (κ1) is 18.3. The number of thioether (sulfide) groups is 1. The Morgan fingerprint density at radius 1 is 1.19 bits per heavy atom. The van der Waals surface area contributed by atoms with Gasteiger partial charge in [-0.2, -0.15) is 0 Å². The fraction of sp³-hybridized carbons (Fsp3) is 0.316. The highest BCUT2D eigenvalue weighted by molar-refractivity contribution is 7.99. The number of amides is 1. The number of rotatable bonds is 8. The number of anilines is 1. The van der Waals surface area contributed by atoms with E-state index in [1.165, 1.54) is 11.8 Å². The lowest BCUT2D eigenvalue weighted by molar-refractivity contribution is -0.115. The van der Waals surface area contributed by atoms with Crippen molar-refractivity contribution in [2.45, 2.75) is 32.0 Å². The molecule has 0 spiro atoms. The Kier molecular flexibility index (Phi) is 6.12. The minimum absolute atomic E-state index is 0.00937. The third-order valence-corrected chi connectivity index (χ3v) is 4.59. The minimum atomic E-state index is -0.00937. The summed E-state index contributed by atoms with van der Waals surface area (Å²) in [5.41, 5.74) is 0.811. The first-order valence-corrected chi connectivity index (χ1v) is 9.57. The third-order valence-electron chi connectivity index (χ3n) is 3.62. The standard InChI is InChI=1S/C19H22N4O2S/c1-14(2)13-23-18(16-9-6-11-25-16)21-22-19(23)26-12-10-17(24)20-15-7-4-3-5-8-15/h3-9,11,14H,10,12-13H2,1-2H3,(H,20,24). The van der Waals surface area contributed by atoms with Gasteiger partial charge in [-0.3, -0.25) is 9.36 Å². The summed E-state index contributed by atoms with van der Waals surface area (Å²) in [5.74, 6) is 2.49. The molecule has 0 radical (unpaired) electrons. The fourth-order valence-electron chi connectivity index (χ4n) is 2.49. The summed E-state index contributed by atoms with van der Waals surface area (Å²) in [6, 6.07) is 13.2. The van der Waals surface area contributed by atoms with E-state index in [-0.39, 0.29) is 5.91 Å². The normalized spacial score (nSPS) is 11.0. The molecule has 0 bridgehead atoms. The monoisotopic (exact) mass is 370 g/mol. The van der Waals surface area contributed by atoms with E-state index in [4.69, 9.17) is 4.42 Å². The molecule has 2 aromatic heterocycles. The number of carbonyl (C=O) groups is 1. The van der Waals surface area contributed by atoms with E-state index in [9.17, 15) is 4.79 Å². The van der Waals surface area contributed by atoms with Gasteiger partial charge in [-0.15, -0.1) is 10.2 Å². The van der Waals surface area contributed by atoms with Crippen molar-refractivity contribution >= 4 is 23.4 Å². The molecule has 1 aromatic carbocycles. The van der Waals surface area contributed by atoms with E-state index in [0.29, 0.717) is 23.9 Å². The van der Waals surface area contributed by atoms with Gasteiger partial charge >= 0.3 is 0 Å². The molecule has 3 rings (SSSR count). The summed E-state index contributed by atoms with van der Waals surface area (Å²) < 4.78 is 7.53. The van der Waals surface area contributed by atoms with Gasteiger partial charge in [-0.25, -0.2) is 0 Å². The number of aromatic nitrogens is 3. The molecule has 6 nitrogen and oxygen atoms in total. The number of furan rings is 1. The van der Waals surface area contributed by atoms with Crippen molar-refractivity contribution in [3.63, 3.8) is 0 Å². The zero-order chi connectivity index (χ0) is 18.4. The Labute approximate surface area is 157 Å². The van der Waals surface area contributed by atoms with Crippen LogP contribution in [0.2, 0.25) is 0 Å². The number of nitrogens with one attached hydrogen (secondary N) is 1. The Balaban J connectivity index is 1.61. The van der Waals surface area contributed by atoms with Crippen molar-refractivity contribution in [1.29, 1.82) is 0 Å². The SMILES string of the molecule is CC(C)Cn1c(SCCC(=O)Nc2ccccc2)nnc1-c1ccco1. The quantitative estimate of drug-likeness (QED) is 0.598. The molecule has 0 saturated carbocycles. The van der Waals surface area contributed by atoms with Crippen LogP contribution in [0, 0.1) is 5.92 Å². The Hall–Kier alpha value is -2.54. The van der Waals surface area contributed by atoms with Gasteiger partial charge in [0.15, 0.2) is 16.7 Å². The molecule has 7 heteroatoms. The van der Waals surface area contributed by atoms with Crippen LogP contribution in [0.3, 0.4) is 0 Å². The van der Waals surface area contributed by atoms with Gasteiger partial charge < -0.3 is 9.73 Å². The van der Waals surface area contributed by atoms with Crippen LogP contribution in [0.15, 0.2) is 58.3 Å². The number of hydrogen-bond acceptors (Lipinski definition) is 5. The van der Waals surface area contributed by atoms with E-state index >= 15 is 0 Å². The molecule has 0 saturated heterocycles. The van der Waals surface area contributed by atoms with Gasteiger partial charge in [0, 0.05) is 24.4 Å². The number of carbonyl (C=O) groups excluding carboxylic acids is 1. The highest BCUT2D eigenvalue weighted by Crippen LogP contribution is 2.26. The van der Waals surface area contributed by atoms with Crippen molar-refractivity contribution in [2.75, 3.05) is 11.1 Å². The minimum Gasteiger partial charge on any atom is -0.461 e. The average Bonchev–Trinajstić information content (AvgIpc) is 3.26. The predicted octanol–water partition coefficient (Wildman–Crippen LogP) is 4.32. The number of benzene rings is 1. The highest BCUT2D eigenvalue weighted by Gasteiger charge is 2.17. The zero-order valence-electron chi connectivity index (χ0n) is 14.9. The average molecular weight is 370 g/mol. The van der Waals surface area contributed by atoms with Crippen molar-refractivity contribution in [3.05, 3.63) is 48.7 Å². The van der Waals surface area contributed by atoms with E-state index in [1.807, 2.05) is 42.5 Å². The highest BCUT2D eigenvalue weighted by atomic mass is 32.2. The Morgan fingerprint density at radius 2 is 2.00 bits per heavy atom. The predicted molar refractivity (Wildman–Crippen MR) is 103 cm³/mol. The van der Waals surface area contributed by atoms with Gasteiger partial charge in [0.25, 0.3) is 0 Å². The molecule has 0 aliphatic carbocycles.